The molecule has 0 aliphatic carbocycles. The van der Waals surface area contributed by atoms with Crippen molar-refractivity contribution in [1.82, 2.24) is 4.98 Å². The average molecular weight is 293 g/mol. The fraction of sp³-hybridized carbons (Fsp3) is 0.0556. The molecule has 4 nitrogen and oxygen atoms in total. The highest BCUT2D eigenvalue weighted by Gasteiger charge is 2.04. The molecule has 0 saturated carbocycles. The molecule has 2 N–H and O–H groups in total. The topological polar surface area (TPSA) is 62.3 Å². The van der Waals surface area contributed by atoms with E-state index in [9.17, 15) is 4.79 Å². The summed E-state index contributed by atoms with van der Waals surface area (Å²) in [6.07, 6.45) is 4.49. The van der Waals surface area contributed by atoms with Crippen molar-refractivity contribution in [2.24, 2.45) is 0 Å². The first-order chi connectivity index (χ1) is 10.7. The number of fused-ring (bicyclic) bond motifs is 1. The van der Waals surface area contributed by atoms with E-state index in [2.05, 4.69) is 4.98 Å². The first-order valence-corrected chi connectivity index (χ1v) is 6.91. The van der Waals surface area contributed by atoms with Gasteiger partial charge < -0.3 is 14.8 Å². The van der Waals surface area contributed by atoms with E-state index in [4.69, 9.17) is 9.84 Å². The number of benzene rings is 2. The van der Waals surface area contributed by atoms with Gasteiger partial charge in [0.05, 0.1) is 0 Å². The predicted molar refractivity (Wildman–Crippen MR) is 85.7 cm³/mol. The number of carboxylic acid groups (broad SMARTS) is 1. The summed E-state index contributed by atoms with van der Waals surface area (Å²) < 4.78 is 5.78. The van der Waals surface area contributed by atoms with Crippen molar-refractivity contribution >= 4 is 22.9 Å². The van der Waals surface area contributed by atoms with Crippen molar-refractivity contribution in [2.75, 3.05) is 0 Å². The quantitative estimate of drug-likeness (QED) is 0.702. The number of aliphatic carboxylic acids is 1. The highest BCUT2D eigenvalue weighted by atomic mass is 16.5. The molecule has 22 heavy (non-hydrogen) atoms. The maximum absolute atomic E-state index is 10.6. The van der Waals surface area contributed by atoms with Gasteiger partial charge in [-0.3, -0.25) is 0 Å². The maximum atomic E-state index is 10.6. The molecule has 1 heterocycles. The molecule has 0 spiro atoms. The lowest BCUT2D eigenvalue weighted by Crippen LogP contribution is -1.94. The largest absolute Gasteiger partial charge is 0.489 e. The van der Waals surface area contributed by atoms with Crippen LogP contribution >= 0.6 is 0 Å². The number of carbonyl (C=O) groups is 1. The van der Waals surface area contributed by atoms with Crippen LogP contribution in [0.3, 0.4) is 0 Å². The van der Waals surface area contributed by atoms with Crippen LogP contribution in [-0.2, 0) is 11.4 Å². The number of rotatable bonds is 5. The minimum Gasteiger partial charge on any atom is -0.489 e. The first kappa shape index (κ1) is 13.9. The number of hydrogen-bond acceptors (Lipinski definition) is 2. The zero-order valence-electron chi connectivity index (χ0n) is 11.8. The molecule has 0 bridgehead atoms. The van der Waals surface area contributed by atoms with E-state index >= 15 is 0 Å². The Kier molecular flexibility index (Phi) is 3.92. The van der Waals surface area contributed by atoms with Crippen molar-refractivity contribution in [3.05, 3.63) is 71.9 Å². The second kappa shape index (κ2) is 6.18. The molecule has 0 atom stereocenters. The fourth-order valence-corrected chi connectivity index (χ4v) is 2.26. The zero-order chi connectivity index (χ0) is 15.4. The Balaban J connectivity index is 1.78. The van der Waals surface area contributed by atoms with Gasteiger partial charge in [0, 0.05) is 34.8 Å². The van der Waals surface area contributed by atoms with Gasteiger partial charge in [-0.25, -0.2) is 4.79 Å². The van der Waals surface area contributed by atoms with Crippen molar-refractivity contribution in [3.63, 3.8) is 0 Å². The third-order valence-electron chi connectivity index (χ3n) is 3.34. The van der Waals surface area contributed by atoms with Crippen LogP contribution < -0.4 is 4.74 Å². The molecule has 0 saturated heterocycles. The average Bonchev–Trinajstić information content (AvgIpc) is 2.94. The Labute approximate surface area is 127 Å². The second-order valence-corrected chi connectivity index (χ2v) is 4.90. The maximum Gasteiger partial charge on any atom is 0.328 e. The fourth-order valence-electron chi connectivity index (χ4n) is 2.26. The Morgan fingerprint density at radius 1 is 1.18 bits per heavy atom. The summed E-state index contributed by atoms with van der Waals surface area (Å²) in [6.45, 7) is 0.513. The Bertz CT molecular complexity index is 819. The lowest BCUT2D eigenvalue weighted by Gasteiger charge is -2.06. The van der Waals surface area contributed by atoms with Crippen LogP contribution in [-0.4, -0.2) is 16.1 Å². The Morgan fingerprint density at radius 2 is 2.00 bits per heavy atom. The minimum absolute atomic E-state index is 0.513. The number of nitrogens with one attached hydrogen (secondary N) is 1. The van der Waals surface area contributed by atoms with Crippen molar-refractivity contribution < 1.29 is 14.6 Å². The van der Waals surface area contributed by atoms with Gasteiger partial charge in [0.15, 0.2) is 0 Å². The zero-order valence-corrected chi connectivity index (χ0v) is 11.8. The van der Waals surface area contributed by atoms with E-state index in [0.717, 1.165) is 33.9 Å². The molecule has 4 heteroatoms. The minimum atomic E-state index is -0.961. The van der Waals surface area contributed by atoms with Crippen molar-refractivity contribution in [3.8, 4) is 5.75 Å². The number of ether oxygens (including phenoxy) is 1. The van der Waals surface area contributed by atoms with Gasteiger partial charge in [0.1, 0.15) is 12.4 Å². The standard InChI is InChI=1S/C18H15NO3/c20-18(21)9-6-14-11-19-17-10-15(7-8-16(14)17)22-12-13-4-2-1-3-5-13/h1-11,19H,12H2,(H,20,21)/b9-6+. The molecular formula is C18H15NO3. The molecule has 3 aromatic rings. The van der Waals surface area contributed by atoms with Gasteiger partial charge in [-0.1, -0.05) is 30.3 Å². The summed E-state index contributed by atoms with van der Waals surface area (Å²) in [5.74, 6) is -0.191. The summed E-state index contributed by atoms with van der Waals surface area (Å²) >= 11 is 0. The van der Waals surface area contributed by atoms with Crippen LogP contribution in [0.1, 0.15) is 11.1 Å². The van der Waals surface area contributed by atoms with E-state index in [1.165, 1.54) is 0 Å². The predicted octanol–water partition coefficient (Wildman–Crippen LogP) is 3.84. The molecule has 3 rings (SSSR count). The summed E-state index contributed by atoms with van der Waals surface area (Å²) in [6, 6.07) is 15.7. The van der Waals surface area contributed by atoms with Crippen LogP contribution in [0.25, 0.3) is 17.0 Å². The molecule has 0 unspecified atom stereocenters. The molecule has 0 aliphatic rings. The van der Waals surface area contributed by atoms with E-state index in [-0.39, 0.29) is 0 Å². The Hall–Kier alpha value is -3.01. The molecule has 0 aliphatic heterocycles. The number of hydrogen-bond donors (Lipinski definition) is 2. The number of aromatic nitrogens is 1. The highest BCUT2D eigenvalue weighted by Crippen LogP contribution is 2.24. The van der Waals surface area contributed by atoms with E-state index in [1.807, 2.05) is 48.5 Å². The van der Waals surface area contributed by atoms with Gasteiger partial charge in [-0.05, 0) is 23.8 Å². The van der Waals surface area contributed by atoms with Crippen LogP contribution in [0, 0.1) is 0 Å². The van der Waals surface area contributed by atoms with Crippen LogP contribution in [0.5, 0.6) is 5.75 Å². The summed E-state index contributed by atoms with van der Waals surface area (Å²) in [5.41, 5.74) is 2.86. The van der Waals surface area contributed by atoms with Crippen LogP contribution in [0.4, 0.5) is 0 Å². The highest BCUT2D eigenvalue weighted by molar-refractivity contribution is 5.93. The van der Waals surface area contributed by atoms with E-state index in [0.29, 0.717) is 6.61 Å². The van der Waals surface area contributed by atoms with Crippen molar-refractivity contribution in [1.29, 1.82) is 0 Å². The molecule has 0 amide bonds. The van der Waals surface area contributed by atoms with Crippen molar-refractivity contribution in [2.45, 2.75) is 6.61 Å². The second-order valence-electron chi connectivity index (χ2n) is 4.90. The van der Waals surface area contributed by atoms with E-state index < -0.39 is 5.97 Å². The van der Waals surface area contributed by atoms with Crippen LogP contribution in [0.2, 0.25) is 0 Å². The lowest BCUT2D eigenvalue weighted by atomic mass is 10.1. The number of aromatic amines is 1. The smallest absolute Gasteiger partial charge is 0.328 e. The van der Waals surface area contributed by atoms with E-state index in [1.54, 1.807) is 12.3 Å². The van der Waals surface area contributed by atoms with Gasteiger partial charge in [0.2, 0.25) is 0 Å². The summed E-state index contributed by atoms with van der Waals surface area (Å²) in [7, 11) is 0. The summed E-state index contributed by atoms with van der Waals surface area (Å²) in [5, 5.41) is 9.65. The molecule has 0 fully saturated rings. The molecule has 110 valence electrons. The summed E-state index contributed by atoms with van der Waals surface area (Å²) in [4.78, 5) is 13.7. The van der Waals surface area contributed by atoms with Gasteiger partial charge in [0.25, 0.3) is 0 Å². The molecule has 1 aromatic heterocycles. The number of carboxylic acids is 1. The molecule has 2 aromatic carbocycles. The third kappa shape index (κ3) is 3.17. The Morgan fingerprint density at radius 3 is 2.77 bits per heavy atom. The van der Waals surface area contributed by atoms with Gasteiger partial charge in [-0.2, -0.15) is 0 Å². The van der Waals surface area contributed by atoms with Gasteiger partial charge >= 0.3 is 5.97 Å². The SMILES string of the molecule is O=C(O)/C=C/c1c[nH]c2cc(OCc3ccccc3)ccc12. The normalized spacial score (nSPS) is 11.1. The van der Waals surface area contributed by atoms with Crippen LogP contribution in [0.15, 0.2) is 60.8 Å². The van der Waals surface area contributed by atoms with Gasteiger partial charge in [-0.15, -0.1) is 0 Å². The monoisotopic (exact) mass is 293 g/mol. The molecular weight excluding hydrogens is 278 g/mol. The lowest BCUT2D eigenvalue weighted by molar-refractivity contribution is -0.131. The first-order valence-electron chi connectivity index (χ1n) is 6.91. The molecule has 0 radical (unpaired) electrons. The number of H-pyrrole nitrogens is 1. The third-order valence-corrected chi connectivity index (χ3v) is 3.34.